The van der Waals surface area contributed by atoms with Gasteiger partial charge in [-0.1, -0.05) is 0 Å². The highest BCUT2D eigenvalue weighted by atomic mass is 19.4. The summed E-state index contributed by atoms with van der Waals surface area (Å²) in [4.78, 5) is 12.3. The Labute approximate surface area is 128 Å². The van der Waals surface area contributed by atoms with Crippen LogP contribution >= 0.6 is 0 Å². The van der Waals surface area contributed by atoms with E-state index in [0.717, 1.165) is 0 Å². The molecule has 1 aromatic carbocycles. The van der Waals surface area contributed by atoms with Gasteiger partial charge in [-0.3, -0.25) is 4.79 Å². The van der Waals surface area contributed by atoms with Gasteiger partial charge in [-0.15, -0.1) is 0 Å². The van der Waals surface area contributed by atoms with Crippen molar-refractivity contribution in [3.05, 3.63) is 35.1 Å². The van der Waals surface area contributed by atoms with Crippen molar-refractivity contribution in [1.29, 1.82) is 0 Å². The number of carbonyl (C=O) groups excluding carboxylic acids is 1. The van der Waals surface area contributed by atoms with Crippen LogP contribution in [0.2, 0.25) is 0 Å². The SMILES string of the molecule is C[C@@H]1C(c2cc(F)cc(F)c2F)CC(N)C(=O)N1CC(F)(F)F. The maximum atomic E-state index is 13.9. The van der Waals surface area contributed by atoms with Crippen LogP contribution in [0.1, 0.15) is 24.8 Å². The molecule has 23 heavy (non-hydrogen) atoms. The molecule has 128 valence electrons. The summed E-state index contributed by atoms with van der Waals surface area (Å²) in [6.07, 6.45) is -4.87. The molecule has 1 aliphatic rings. The van der Waals surface area contributed by atoms with E-state index in [1.807, 2.05) is 0 Å². The van der Waals surface area contributed by atoms with Crippen molar-refractivity contribution in [2.45, 2.75) is 37.5 Å². The molecule has 2 N–H and O–H groups in total. The monoisotopic (exact) mass is 340 g/mol. The zero-order valence-electron chi connectivity index (χ0n) is 12.0. The van der Waals surface area contributed by atoms with Gasteiger partial charge in [-0.25, -0.2) is 13.2 Å². The number of rotatable bonds is 2. The van der Waals surface area contributed by atoms with Crippen LogP contribution in [0.15, 0.2) is 12.1 Å². The summed E-state index contributed by atoms with van der Waals surface area (Å²) in [6.45, 7) is -0.293. The fraction of sp³-hybridized carbons (Fsp3) is 0.500. The number of halogens is 6. The molecule has 1 aromatic rings. The largest absolute Gasteiger partial charge is 0.406 e. The Bertz CT molecular complexity index is 618. The van der Waals surface area contributed by atoms with Crippen LogP contribution in [-0.4, -0.2) is 35.6 Å². The van der Waals surface area contributed by atoms with Crippen LogP contribution in [0.4, 0.5) is 26.3 Å². The van der Waals surface area contributed by atoms with Gasteiger partial charge in [-0.05, 0) is 25.0 Å². The molecule has 1 heterocycles. The first-order valence-electron chi connectivity index (χ1n) is 6.78. The highest BCUT2D eigenvalue weighted by Gasteiger charge is 2.44. The van der Waals surface area contributed by atoms with Crippen LogP contribution in [0.5, 0.6) is 0 Å². The van der Waals surface area contributed by atoms with Crippen molar-refractivity contribution in [2.24, 2.45) is 5.73 Å². The molecule has 0 bridgehead atoms. The third kappa shape index (κ3) is 3.60. The number of nitrogens with zero attached hydrogens (tertiary/aromatic N) is 1. The van der Waals surface area contributed by atoms with Crippen molar-refractivity contribution in [2.75, 3.05) is 6.54 Å². The van der Waals surface area contributed by atoms with Crippen LogP contribution < -0.4 is 5.73 Å². The van der Waals surface area contributed by atoms with Crippen molar-refractivity contribution in [3.8, 4) is 0 Å². The zero-order valence-corrected chi connectivity index (χ0v) is 12.0. The standard InChI is InChI=1S/C14H14F6N2O/c1-6-8(9-2-7(15)3-10(16)12(9)17)4-11(21)13(23)22(6)5-14(18,19)20/h2-3,6,8,11H,4-5,21H2,1H3/t6-,8?,11?/m1/s1. The molecular formula is C14H14F6N2O. The van der Waals surface area contributed by atoms with Crippen molar-refractivity contribution >= 4 is 5.91 Å². The third-order valence-corrected chi connectivity index (χ3v) is 3.95. The first-order valence-corrected chi connectivity index (χ1v) is 6.78. The molecule has 0 saturated carbocycles. The third-order valence-electron chi connectivity index (χ3n) is 3.95. The summed E-state index contributed by atoms with van der Waals surface area (Å²) in [6, 6.07) is -1.36. The summed E-state index contributed by atoms with van der Waals surface area (Å²) in [5, 5.41) is 0. The molecule has 2 unspecified atom stereocenters. The fourth-order valence-corrected chi connectivity index (χ4v) is 2.85. The molecule has 0 radical (unpaired) electrons. The molecule has 0 aromatic heterocycles. The number of carbonyl (C=O) groups is 1. The predicted octanol–water partition coefficient (Wildman–Crippen LogP) is 2.70. The Morgan fingerprint density at radius 2 is 1.87 bits per heavy atom. The molecule has 2 rings (SSSR count). The van der Waals surface area contributed by atoms with Gasteiger partial charge < -0.3 is 10.6 Å². The summed E-state index contributed by atoms with van der Waals surface area (Å²) < 4.78 is 78.5. The lowest BCUT2D eigenvalue weighted by Crippen LogP contribution is -2.57. The van der Waals surface area contributed by atoms with Gasteiger partial charge in [0.1, 0.15) is 12.4 Å². The molecule has 1 fully saturated rings. The second kappa shape index (κ2) is 6.03. The molecule has 0 spiro atoms. The highest BCUT2D eigenvalue weighted by molar-refractivity contribution is 5.83. The molecule has 1 aliphatic heterocycles. The average Bonchev–Trinajstić information content (AvgIpc) is 2.42. The molecule has 1 amide bonds. The van der Waals surface area contributed by atoms with Gasteiger partial charge in [-0.2, -0.15) is 13.2 Å². The van der Waals surface area contributed by atoms with Gasteiger partial charge in [0, 0.05) is 18.0 Å². The number of likely N-dealkylation sites (tertiary alicyclic amines) is 1. The fourth-order valence-electron chi connectivity index (χ4n) is 2.85. The Morgan fingerprint density at radius 3 is 2.43 bits per heavy atom. The minimum absolute atomic E-state index is 0.200. The van der Waals surface area contributed by atoms with E-state index < -0.39 is 59.6 Å². The maximum absolute atomic E-state index is 13.9. The summed E-state index contributed by atoms with van der Waals surface area (Å²) >= 11 is 0. The summed E-state index contributed by atoms with van der Waals surface area (Å²) in [7, 11) is 0. The number of piperidine rings is 1. The van der Waals surface area contributed by atoms with Gasteiger partial charge in [0.25, 0.3) is 0 Å². The molecule has 0 aliphatic carbocycles. The number of nitrogens with two attached hydrogens (primary N) is 1. The lowest BCUT2D eigenvalue weighted by atomic mass is 9.81. The van der Waals surface area contributed by atoms with E-state index in [-0.39, 0.29) is 6.42 Å². The number of hydrogen-bond acceptors (Lipinski definition) is 2. The average molecular weight is 340 g/mol. The summed E-state index contributed by atoms with van der Waals surface area (Å²) in [5.41, 5.74) is 5.11. The van der Waals surface area contributed by atoms with E-state index in [1.165, 1.54) is 6.92 Å². The molecule has 1 saturated heterocycles. The highest BCUT2D eigenvalue weighted by Crippen LogP contribution is 2.36. The van der Waals surface area contributed by atoms with Crippen LogP contribution in [-0.2, 0) is 4.79 Å². The van der Waals surface area contributed by atoms with Gasteiger partial charge in [0.05, 0.1) is 6.04 Å². The van der Waals surface area contributed by atoms with E-state index in [1.54, 1.807) is 0 Å². The lowest BCUT2D eigenvalue weighted by molar-refractivity contribution is -0.170. The maximum Gasteiger partial charge on any atom is 0.406 e. The van der Waals surface area contributed by atoms with E-state index in [4.69, 9.17) is 5.73 Å². The van der Waals surface area contributed by atoms with Gasteiger partial charge in [0.2, 0.25) is 5.91 Å². The van der Waals surface area contributed by atoms with E-state index >= 15 is 0 Å². The number of alkyl halides is 3. The molecule has 9 heteroatoms. The van der Waals surface area contributed by atoms with Crippen LogP contribution in [0.3, 0.4) is 0 Å². The van der Waals surface area contributed by atoms with Gasteiger partial charge in [0.15, 0.2) is 11.6 Å². The molecule has 3 atom stereocenters. The van der Waals surface area contributed by atoms with Crippen molar-refractivity contribution in [3.63, 3.8) is 0 Å². The second-order valence-corrected chi connectivity index (χ2v) is 5.56. The predicted molar refractivity (Wildman–Crippen MR) is 68.9 cm³/mol. The van der Waals surface area contributed by atoms with E-state index in [9.17, 15) is 31.1 Å². The van der Waals surface area contributed by atoms with Crippen LogP contribution in [0, 0.1) is 17.5 Å². The molecular weight excluding hydrogens is 326 g/mol. The van der Waals surface area contributed by atoms with E-state index in [0.29, 0.717) is 17.0 Å². The minimum Gasteiger partial charge on any atom is -0.329 e. The Balaban J connectivity index is 2.42. The number of amides is 1. The van der Waals surface area contributed by atoms with Crippen LogP contribution in [0.25, 0.3) is 0 Å². The smallest absolute Gasteiger partial charge is 0.329 e. The number of hydrogen-bond donors (Lipinski definition) is 1. The minimum atomic E-state index is -4.67. The quantitative estimate of drug-likeness (QED) is 0.665. The van der Waals surface area contributed by atoms with Crippen molar-refractivity contribution in [1.82, 2.24) is 4.90 Å². The topological polar surface area (TPSA) is 46.3 Å². The first kappa shape index (κ1) is 17.6. The van der Waals surface area contributed by atoms with Crippen molar-refractivity contribution < 1.29 is 31.1 Å². The zero-order chi connectivity index (χ0) is 17.5. The van der Waals surface area contributed by atoms with Gasteiger partial charge >= 0.3 is 6.18 Å². The Kier molecular flexibility index (Phi) is 4.61. The Hall–Kier alpha value is -1.77. The number of benzene rings is 1. The summed E-state index contributed by atoms with van der Waals surface area (Å²) in [5.74, 6) is -5.82. The van der Waals surface area contributed by atoms with E-state index in [2.05, 4.69) is 0 Å². The first-order chi connectivity index (χ1) is 10.5. The lowest BCUT2D eigenvalue weighted by Gasteiger charge is -2.42. The Morgan fingerprint density at radius 1 is 1.26 bits per heavy atom. The normalized spacial score (nSPS) is 25.8. The molecule has 3 nitrogen and oxygen atoms in total. The second-order valence-electron chi connectivity index (χ2n) is 5.56.